The van der Waals surface area contributed by atoms with Crippen LogP contribution in [0.15, 0.2) is 70.9 Å². The van der Waals surface area contributed by atoms with Crippen LogP contribution in [0.3, 0.4) is 0 Å². The average Bonchev–Trinajstić information content (AvgIpc) is 3.26. The van der Waals surface area contributed by atoms with Gasteiger partial charge >= 0.3 is 0 Å². The van der Waals surface area contributed by atoms with Gasteiger partial charge in [0.2, 0.25) is 15.9 Å². The van der Waals surface area contributed by atoms with Crippen LogP contribution < -0.4 is 15.4 Å². The summed E-state index contributed by atoms with van der Waals surface area (Å²) in [5, 5.41) is 7.31. The summed E-state index contributed by atoms with van der Waals surface area (Å²) in [6.07, 6.45) is 0.346. The molecule has 2 aromatic carbocycles. The van der Waals surface area contributed by atoms with Gasteiger partial charge in [0.15, 0.2) is 0 Å². The zero-order valence-corrected chi connectivity index (χ0v) is 17.8. The zero-order chi connectivity index (χ0) is 21.6. The third-order valence-corrected chi connectivity index (χ3v) is 6.42. The predicted octanol–water partition coefficient (Wildman–Crippen LogP) is 3.83. The van der Waals surface area contributed by atoms with E-state index in [0.717, 1.165) is 4.88 Å². The summed E-state index contributed by atoms with van der Waals surface area (Å²) < 4.78 is 27.7. The Morgan fingerprint density at radius 1 is 0.933 bits per heavy atom. The van der Waals surface area contributed by atoms with Crippen LogP contribution in [-0.2, 0) is 21.4 Å². The zero-order valence-electron chi connectivity index (χ0n) is 16.2. The summed E-state index contributed by atoms with van der Waals surface area (Å²) in [5.41, 5.74) is 1.25. The Labute approximate surface area is 179 Å². The van der Waals surface area contributed by atoms with Gasteiger partial charge in [-0.3, -0.25) is 9.59 Å². The second-order valence-electron chi connectivity index (χ2n) is 6.37. The summed E-state index contributed by atoms with van der Waals surface area (Å²) in [7, 11) is -3.76. The lowest BCUT2D eigenvalue weighted by atomic mass is 10.2. The van der Waals surface area contributed by atoms with Crippen molar-refractivity contribution in [3.63, 3.8) is 0 Å². The summed E-state index contributed by atoms with van der Waals surface area (Å²) in [6.45, 7) is 1.93. The highest BCUT2D eigenvalue weighted by Gasteiger charge is 2.16. The van der Waals surface area contributed by atoms with Crippen LogP contribution in [0.25, 0.3) is 0 Å². The highest BCUT2D eigenvalue weighted by atomic mass is 32.2. The monoisotopic (exact) mass is 443 g/mol. The van der Waals surface area contributed by atoms with Crippen LogP contribution in [0.5, 0.6) is 0 Å². The molecule has 0 radical (unpaired) electrons. The van der Waals surface area contributed by atoms with Crippen molar-refractivity contribution in [1.29, 1.82) is 0 Å². The van der Waals surface area contributed by atoms with Gasteiger partial charge in [-0.1, -0.05) is 25.1 Å². The fraction of sp³-hybridized carbons (Fsp3) is 0.143. The molecule has 0 aliphatic heterocycles. The molecule has 1 heterocycles. The second-order valence-corrected chi connectivity index (χ2v) is 9.17. The SMILES string of the molecule is CCC(=O)Nc1cccc(NC(=O)c2cccc(S(=O)(=O)NCc3cccs3)c2)c1. The Bertz CT molecular complexity index is 1140. The van der Waals surface area contributed by atoms with E-state index in [2.05, 4.69) is 15.4 Å². The van der Waals surface area contributed by atoms with Crippen molar-refractivity contribution in [1.82, 2.24) is 4.72 Å². The van der Waals surface area contributed by atoms with Crippen LogP contribution in [-0.4, -0.2) is 20.2 Å². The first-order valence-electron chi connectivity index (χ1n) is 9.21. The minimum absolute atomic E-state index is 0.00988. The van der Waals surface area contributed by atoms with Crippen LogP contribution in [0, 0.1) is 0 Å². The highest BCUT2D eigenvalue weighted by molar-refractivity contribution is 7.89. The topological polar surface area (TPSA) is 104 Å². The first kappa shape index (κ1) is 21.7. The quantitative estimate of drug-likeness (QED) is 0.492. The highest BCUT2D eigenvalue weighted by Crippen LogP contribution is 2.18. The number of hydrogen-bond acceptors (Lipinski definition) is 5. The fourth-order valence-electron chi connectivity index (χ4n) is 2.59. The molecule has 0 unspecified atom stereocenters. The Balaban J connectivity index is 1.71. The lowest BCUT2D eigenvalue weighted by Crippen LogP contribution is -2.23. The van der Waals surface area contributed by atoms with Gasteiger partial charge in [-0.15, -0.1) is 11.3 Å². The van der Waals surface area contributed by atoms with Crippen LogP contribution in [0.4, 0.5) is 11.4 Å². The number of thiophene rings is 1. The van der Waals surface area contributed by atoms with E-state index in [1.54, 1.807) is 31.2 Å². The minimum atomic E-state index is -3.76. The molecule has 3 aromatic rings. The van der Waals surface area contributed by atoms with Crippen molar-refractivity contribution in [3.8, 4) is 0 Å². The molecule has 0 atom stereocenters. The molecule has 30 heavy (non-hydrogen) atoms. The van der Waals surface area contributed by atoms with Gasteiger partial charge < -0.3 is 10.6 Å². The smallest absolute Gasteiger partial charge is 0.255 e. The van der Waals surface area contributed by atoms with E-state index in [4.69, 9.17) is 0 Å². The van der Waals surface area contributed by atoms with Gasteiger partial charge in [-0.2, -0.15) is 0 Å². The Kier molecular flexibility index (Phi) is 6.99. The molecule has 2 amide bonds. The van der Waals surface area contributed by atoms with Crippen molar-refractivity contribution in [2.24, 2.45) is 0 Å². The first-order valence-corrected chi connectivity index (χ1v) is 11.6. The molecule has 0 saturated carbocycles. The second kappa shape index (κ2) is 9.66. The van der Waals surface area contributed by atoms with Crippen molar-refractivity contribution in [3.05, 3.63) is 76.5 Å². The largest absolute Gasteiger partial charge is 0.326 e. The molecule has 0 spiro atoms. The van der Waals surface area contributed by atoms with Crippen molar-refractivity contribution >= 4 is 44.5 Å². The molecule has 1 aromatic heterocycles. The van der Waals surface area contributed by atoms with Gasteiger partial charge in [0.1, 0.15) is 0 Å². The molecule has 9 heteroatoms. The average molecular weight is 444 g/mol. The maximum atomic E-state index is 12.6. The molecule has 3 rings (SSSR count). The molecule has 0 aliphatic rings. The lowest BCUT2D eigenvalue weighted by molar-refractivity contribution is -0.115. The number of sulfonamides is 1. The van der Waals surface area contributed by atoms with Crippen LogP contribution in [0.2, 0.25) is 0 Å². The molecule has 0 fully saturated rings. The van der Waals surface area contributed by atoms with Gasteiger partial charge in [0.05, 0.1) is 4.90 Å². The van der Waals surface area contributed by atoms with Gasteiger partial charge in [-0.25, -0.2) is 13.1 Å². The number of benzene rings is 2. The number of carbonyl (C=O) groups is 2. The number of hydrogen-bond donors (Lipinski definition) is 3. The van der Waals surface area contributed by atoms with Crippen LogP contribution in [0.1, 0.15) is 28.6 Å². The van der Waals surface area contributed by atoms with Crippen LogP contribution >= 0.6 is 11.3 Å². The van der Waals surface area contributed by atoms with E-state index in [1.807, 2.05) is 17.5 Å². The molecule has 0 saturated heterocycles. The van der Waals surface area contributed by atoms with E-state index >= 15 is 0 Å². The molecule has 0 bridgehead atoms. The summed E-state index contributed by atoms with van der Waals surface area (Å²) in [5.74, 6) is -0.587. The minimum Gasteiger partial charge on any atom is -0.326 e. The van der Waals surface area contributed by atoms with E-state index in [0.29, 0.717) is 17.8 Å². The third-order valence-electron chi connectivity index (χ3n) is 4.15. The fourth-order valence-corrected chi connectivity index (χ4v) is 4.38. The standard InChI is InChI=1S/C21H21N3O4S2/c1-2-20(25)23-16-7-4-8-17(13-16)24-21(26)15-6-3-10-19(12-15)30(27,28)22-14-18-9-5-11-29-18/h3-13,22H,2,14H2,1H3,(H,23,25)(H,24,26). The molecule has 3 N–H and O–H groups in total. The van der Waals surface area contributed by atoms with Gasteiger partial charge in [0, 0.05) is 34.8 Å². The number of amides is 2. The summed E-state index contributed by atoms with van der Waals surface area (Å²) in [4.78, 5) is 25.1. The molecule has 7 nitrogen and oxygen atoms in total. The lowest BCUT2D eigenvalue weighted by Gasteiger charge is -2.10. The molecule has 0 aliphatic carbocycles. The number of carbonyl (C=O) groups excluding carboxylic acids is 2. The number of nitrogens with one attached hydrogen (secondary N) is 3. The Morgan fingerprint density at radius 2 is 1.67 bits per heavy atom. The predicted molar refractivity (Wildman–Crippen MR) is 118 cm³/mol. The molecular formula is C21H21N3O4S2. The van der Waals surface area contributed by atoms with E-state index in [-0.39, 0.29) is 22.9 Å². The maximum absolute atomic E-state index is 12.6. The maximum Gasteiger partial charge on any atom is 0.255 e. The van der Waals surface area contributed by atoms with Crippen molar-refractivity contribution in [2.75, 3.05) is 10.6 Å². The first-order chi connectivity index (χ1) is 14.4. The van der Waals surface area contributed by atoms with Gasteiger partial charge in [0.25, 0.3) is 5.91 Å². The molecular weight excluding hydrogens is 422 g/mol. The number of anilines is 2. The molecule has 156 valence electrons. The van der Waals surface area contributed by atoms with E-state index in [9.17, 15) is 18.0 Å². The Morgan fingerprint density at radius 3 is 2.37 bits per heavy atom. The van der Waals surface area contributed by atoms with E-state index in [1.165, 1.54) is 35.6 Å². The van der Waals surface area contributed by atoms with Crippen molar-refractivity contribution < 1.29 is 18.0 Å². The van der Waals surface area contributed by atoms with Crippen molar-refractivity contribution in [2.45, 2.75) is 24.8 Å². The summed E-state index contributed by atoms with van der Waals surface area (Å²) >= 11 is 1.46. The third kappa shape index (κ3) is 5.76. The normalized spacial score (nSPS) is 11.1. The van der Waals surface area contributed by atoms with Gasteiger partial charge in [-0.05, 0) is 47.8 Å². The Hall–Kier alpha value is -3.01. The van der Waals surface area contributed by atoms with E-state index < -0.39 is 15.9 Å². The summed E-state index contributed by atoms with van der Waals surface area (Å²) in [6, 6.07) is 16.3. The number of rotatable bonds is 8.